The van der Waals surface area contributed by atoms with Crippen molar-refractivity contribution in [1.29, 1.82) is 0 Å². The predicted octanol–water partition coefficient (Wildman–Crippen LogP) is 6.20. The number of nitrogens with one attached hydrogen (secondary N) is 1. The number of hydrogen-bond donors (Lipinski definition) is 1. The number of likely N-dealkylation sites (tertiary alicyclic amines) is 2. The Bertz CT molecular complexity index is 1160. The van der Waals surface area contributed by atoms with Crippen LogP contribution >= 0.6 is 0 Å². The summed E-state index contributed by atoms with van der Waals surface area (Å²) in [4.78, 5) is 26.5. The maximum Gasteiger partial charge on any atom is 0.423 e. The van der Waals surface area contributed by atoms with Crippen molar-refractivity contribution >= 4 is 17.3 Å². The maximum atomic E-state index is 14.1. The van der Waals surface area contributed by atoms with E-state index in [0.29, 0.717) is 44.5 Å². The molecule has 0 atom stereocenters. The highest BCUT2D eigenvalue weighted by molar-refractivity contribution is 5.76. The number of amides is 1. The number of nitrogens with zero attached hydrogens (tertiary/aromatic N) is 3. The Kier molecular flexibility index (Phi) is 9.87. The molecular formula is C27H33F5N4O3. The van der Waals surface area contributed by atoms with Crippen LogP contribution in [0.25, 0.3) is 0 Å². The molecule has 0 bridgehead atoms. The minimum Gasteiger partial charge on any atom is -0.382 e. The third-order valence-electron chi connectivity index (χ3n) is 7.35. The van der Waals surface area contributed by atoms with E-state index in [0.717, 1.165) is 44.1 Å². The molecule has 39 heavy (non-hydrogen) atoms. The van der Waals surface area contributed by atoms with Gasteiger partial charge in [0.15, 0.2) is 0 Å². The zero-order valence-electron chi connectivity index (χ0n) is 20.6. The number of benzene rings is 2. The number of alkyl halides is 3. The number of nitro benzene ring substituents is 1. The molecule has 0 saturated carbocycles. The van der Waals surface area contributed by atoms with Gasteiger partial charge in [0.05, 0.1) is 4.92 Å². The van der Waals surface area contributed by atoms with E-state index in [1.807, 2.05) is 0 Å². The third-order valence-corrected chi connectivity index (χ3v) is 7.35. The van der Waals surface area contributed by atoms with Gasteiger partial charge in [0.25, 0.3) is 5.69 Å². The second-order valence-corrected chi connectivity index (χ2v) is 9.82. The molecule has 1 amide bonds. The molecule has 1 N–H and O–H groups in total. The van der Waals surface area contributed by atoms with Crippen LogP contribution in [-0.4, -0.2) is 59.4 Å². The van der Waals surface area contributed by atoms with Gasteiger partial charge in [0.1, 0.15) is 17.2 Å². The van der Waals surface area contributed by atoms with Crippen LogP contribution in [0, 0.1) is 21.7 Å². The first-order valence-corrected chi connectivity index (χ1v) is 12.6. The quantitative estimate of drug-likeness (QED) is 0.250. The Morgan fingerprint density at radius 1 is 1.00 bits per heavy atom. The van der Waals surface area contributed by atoms with Crippen molar-refractivity contribution in [2.45, 2.75) is 57.7 Å². The van der Waals surface area contributed by atoms with Crippen LogP contribution < -0.4 is 5.32 Å². The van der Waals surface area contributed by atoms with Gasteiger partial charge in [-0.3, -0.25) is 14.9 Å². The molecule has 0 aliphatic carbocycles. The molecule has 12 heteroatoms. The summed E-state index contributed by atoms with van der Waals surface area (Å²) in [6.45, 7) is 2.94. The molecule has 0 unspecified atom stereocenters. The summed E-state index contributed by atoms with van der Waals surface area (Å²) in [7, 11) is 0. The first kappa shape index (κ1) is 30.3. The summed E-state index contributed by atoms with van der Waals surface area (Å²) in [5.41, 5.74) is -1.61. The summed E-state index contributed by atoms with van der Waals surface area (Å²) < 4.78 is 66.9. The van der Waals surface area contributed by atoms with Crippen LogP contribution in [0.4, 0.5) is 33.3 Å². The number of rotatable bonds is 7. The van der Waals surface area contributed by atoms with E-state index in [1.54, 1.807) is 4.90 Å². The molecule has 4 rings (SSSR count). The van der Waals surface area contributed by atoms with Gasteiger partial charge in [-0.2, -0.15) is 13.2 Å². The predicted molar refractivity (Wildman–Crippen MR) is 137 cm³/mol. The van der Waals surface area contributed by atoms with Gasteiger partial charge in [0.2, 0.25) is 5.91 Å². The van der Waals surface area contributed by atoms with Gasteiger partial charge in [0, 0.05) is 49.9 Å². The minimum absolute atomic E-state index is 0. The molecule has 214 valence electrons. The van der Waals surface area contributed by atoms with Crippen molar-refractivity contribution in [3.8, 4) is 0 Å². The van der Waals surface area contributed by atoms with Gasteiger partial charge in [-0.25, -0.2) is 8.78 Å². The average molecular weight is 557 g/mol. The second kappa shape index (κ2) is 12.7. The molecule has 2 aliphatic heterocycles. The highest BCUT2D eigenvalue weighted by atomic mass is 19.4. The summed E-state index contributed by atoms with van der Waals surface area (Å²) in [6, 6.07) is 6.39. The van der Waals surface area contributed by atoms with Crippen molar-refractivity contribution in [2.75, 3.05) is 38.0 Å². The van der Waals surface area contributed by atoms with E-state index in [9.17, 15) is 36.9 Å². The zero-order valence-corrected chi connectivity index (χ0v) is 20.6. The number of carbonyl (C=O) groups is 1. The first-order valence-electron chi connectivity index (χ1n) is 12.6. The Morgan fingerprint density at radius 3 is 2.26 bits per heavy atom. The van der Waals surface area contributed by atoms with Crippen molar-refractivity contribution in [1.82, 2.24) is 9.80 Å². The van der Waals surface area contributed by atoms with Crippen LogP contribution in [-0.2, 0) is 11.0 Å². The first-order chi connectivity index (χ1) is 18.0. The Balaban J connectivity index is 0.00000420. The fraction of sp³-hybridized carbons (Fsp3) is 0.519. The maximum absolute atomic E-state index is 14.1. The molecule has 2 heterocycles. The molecule has 2 fully saturated rings. The highest BCUT2D eigenvalue weighted by Crippen LogP contribution is 2.38. The van der Waals surface area contributed by atoms with Crippen LogP contribution in [0.3, 0.4) is 0 Å². The smallest absolute Gasteiger partial charge is 0.382 e. The van der Waals surface area contributed by atoms with Crippen molar-refractivity contribution in [2.24, 2.45) is 0 Å². The van der Waals surface area contributed by atoms with Gasteiger partial charge in [-0.15, -0.1) is 0 Å². The van der Waals surface area contributed by atoms with Gasteiger partial charge in [-0.1, -0.05) is 13.5 Å². The Labute approximate surface area is 224 Å². The Morgan fingerprint density at radius 2 is 1.67 bits per heavy atom. The molecule has 2 aromatic carbocycles. The van der Waals surface area contributed by atoms with Crippen molar-refractivity contribution in [3.05, 3.63) is 69.3 Å². The lowest BCUT2D eigenvalue weighted by molar-refractivity contribution is -0.388. The Hall–Kier alpha value is -3.28. The monoisotopic (exact) mass is 556 g/mol. The average Bonchev–Trinajstić information content (AvgIpc) is 2.87. The summed E-state index contributed by atoms with van der Waals surface area (Å²) >= 11 is 0. The topological polar surface area (TPSA) is 78.7 Å². The van der Waals surface area contributed by atoms with E-state index in [4.69, 9.17) is 0 Å². The van der Waals surface area contributed by atoms with E-state index in [2.05, 4.69) is 10.2 Å². The lowest BCUT2D eigenvalue weighted by atomic mass is 9.89. The van der Waals surface area contributed by atoms with Crippen LogP contribution in [0.1, 0.15) is 56.6 Å². The standard InChI is InChI=1S/C26H29F5N4O3.CH4/c27-18-1-3-21(23(28)15-18)17-5-10-33(11-6-17)12-9-25(36)34-13-7-19(8-14-34)32-20-2-4-24(35(37)38)22(16-20)26(29,30)31;/h1-4,15-17,19,32H,5-14H2;1H4. The molecule has 2 aliphatic rings. The number of hydrogen-bond acceptors (Lipinski definition) is 5. The fourth-order valence-electron chi connectivity index (χ4n) is 5.23. The molecular weight excluding hydrogens is 523 g/mol. The molecule has 0 aromatic heterocycles. The molecule has 2 aromatic rings. The summed E-state index contributed by atoms with van der Waals surface area (Å²) in [5, 5.41) is 14.0. The number of halogens is 5. The number of piperidine rings is 2. The summed E-state index contributed by atoms with van der Waals surface area (Å²) in [6.07, 6.45) is -1.97. The van der Waals surface area contributed by atoms with Crippen LogP contribution in [0.15, 0.2) is 36.4 Å². The van der Waals surface area contributed by atoms with E-state index >= 15 is 0 Å². The third kappa shape index (κ3) is 7.65. The van der Waals surface area contributed by atoms with E-state index in [1.165, 1.54) is 18.2 Å². The van der Waals surface area contributed by atoms with E-state index in [-0.39, 0.29) is 31.0 Å². The van der Waals surface area contributed by atoms with Crippen molar-refractivity contribution in [3.63, 3.8) is 0 Å². The number of nitro groups is 1. The lowest BCUT2D eigenvalue weighted by Crippen LogP contribution is -2.44. The van der Waals surface area contributed by atoms with Crippen LogP contribution in [0.2, 0.25) is 0 Å². The molecule has 2 saturated heterocycles. The minimum atomic E-state index is -4.84. The van der Waals surface area contributed by atoms with Crippen LogP contribution in [0.5, 0.6) is 0 Å². The lowest BCUT2D eigenvalue weighted by Gasteiger charge is -2.35. The molecule has 0 spiro atoms. The van der Waals surface area contributed by atoms with Gasteiger partial charge < -0.3 is 15.1 Å². The van der Waals surface area contributed by atoms with Gasteiger partial charge >= 0.3 is 6.18 Å². The number of carbonyl (C=O) groups excluding carboxylic acids is 1. The highest BCUT2D eigenvalue weighted by Gasteiger charge is 2.38. The normalized spacial score (nSPS) is 17.5. The summed E-state index contributed by atoms with van der Waals surface area (Å²) in [5.74, 6) is -1.09. The SMILES string of the molecule is C.O=C(CCN1CCC(c2ccc(F)cc2F)CC1)N1CCC(Nc2ccc([N+](=O)[O-])c(C(F)(F)F)c2)CC1. The molecule has 7 nitrogen and oxygen atoms in total. The van der Waals surface area contributed by atoms with Gasteiger partial charge in [-0.05, 0) is 68.5 Å². The second-order valence-electron chi connectivity index (χ2n) is 9.82. The van der Waals surface area contributed by atoms with E-state index < -0.39 is 34.0 Å². The zero-order chi connectivity index (χ0) is 27.4. The fourth-order valence-corrected chi connectivity index (χ4v) is 5.23. The largest absolute Gasteiger partial charge is 0.423 e. The van der Waals surface area contributed by atoms with Crippen molar-refractivity contribution < 1.29 is 31.7 Å². The number of anilines is 1. The molecule has 0 radical (unpaired) electrons.